The molecule has 2 rings (SSSR count). The van der Waals surface area contributed by atoms with Crippen LogP contribution in [0.1, 0.15) is 16.1 Å². The van der Waals surface area contributed by atoms with Crippen LogP contribution >= 0.6 is 0 Å². The molecule has 0 aliphatic carbocycles. The maximum absolute atomic E-state index is 10.8. The Bertz CT molecular complexity index is 668. The van der Waals surface area contributed by atoms with Gasteiger partial charge in [0.25, 0.3) is 0 Å². The molecule has 0 saturated carbocycles. The number of hydrogen-bond acceptors (Lipinski definition) is 6. The molecule has 1 heterocycles. The summed E-state index contributed by atoms with van der Waals surface area (Å²) in [6.07, 6.45) is 0. The molecule has 2 aromatic rings. The first kappa shape index (κ1) is 15.5. The molecule has 0 unspecified atom stereocenters. The number of carboxylic acids is 1. The quantitative estimate of drug-likeness (QED) is 0.715. The number of rotatable bonds is 7. The normalized spacial score (nSPS) is 10.1. The predicted octanol–water partition coefficient (Wildman–Crippen LogP) is 1.75. The third-order valence-corrected chi connectivity index (χ3v) is 3.05. The van der Waals surface area contributed by atoms with Crippen molar-refractivity contribution in [1.29, 1.82) is 0 Å². The van der Waals surface area contributed by atoms with Gasteiger partial charge < -0.3 is 24.6 Å². The van der Waals surface area contributed by atoms with E-state index in [1.807, 2.05) is 0 Å². The smallest absolute Gasteiger partial charge is 0.353 e. The minimum Gasteiger partial charge on any atom is -0.496 e. The second kappa shape index (κ2) is 6.70. The molecule has 0 atom stereocenters. The SMILES string of the molecule is COc1cc(OC)c(OC)cc1CNc1cc(C(=O)O)[nH]n1. The molecule has 22 heavy (non-hydrogen) atoms. The fraction of sp³-hybridized carbons (Fsp3) is 0.286. The number of nitrogens with one attached hydrogen (secondary N) is 2. The molecule has 1 aromatic carbocycles. The van der Waals surface area contributed by atoms with Crippen LogP contribution in [-0.4, -0.2) is 42.6 Å². The number of H-pyrrole nitrogens is 1. The summed E-state index contributed by atoms with van der Waals surface area (Å²) in [5, 5.41) is 18.2. The lowest BCUT2D eigenvalue weighted by Gasteiger charge is -2.14. The van der Waals surface area contributed by atoms with Crippen molar-refractivity contribution >= 4 is 11.8 Å². The first-order valence-corrected chi connectivity index (χ1v) is 6.40. The fourth-order valence-electron chi connectivity index (χ4n) is 1.94. The number of methoxy groups -OCH3 is 3. The largest absolute Gasteiger partial charge is 0.496 e. The maximum Gasteiger partial charge on any atom is 0.353 e. The van der Waals surface area contributed by atoms with Gasteiger partial charge in [-0.15, -0.1) is 0 Å². The summed E-state index contributed by atoms with van der Waals surface area (Å²) in [4.78, 5) is 10.8. The molecule has 0 aliphatic rings. The Kier molecular flexibility index (Phi) is 4.72. The van der Waals surface area contributed by atoms with Crippen molar-refractivity contribution in [3.05, 3.63) is 29.5 Å². The van der Waals surface area contributed by atoms with Crippen LogP contribution in [0.3, 0.4) is 0 Å². The van der Waals surface area contributed by atoms with Gasteiger partial charge in [-0.3, -0.25) is 5.10 Å². The van der Waals surface area contributed by atoms with Crippen LogP contribution in [0.25, 0.3) is 0 Å². The molecular weight excluding hydrogens is 290 g/mol. The van der Waals surface area contributed by atoms with Gasteiger partial charge in [-0.05, 0) is 6.07 Å². The van der Waals surface area contributed by atoms with Gasteiger partial charge in [0.15, 0.2) is 11.5 Å². The summed E-state index contributed by atoms with van der Waals surface area (Å²) < 4.78 is 15.8. The highest BCUT2D eigenvalue weighted by Gasteiger charge is 2.13. The molecule has 0 spiro atoms. The van der Waals surface area contributed by atoms with Gasteiger partial charge in [0.1, 0.15) is 17.3 Å². The average molecular weight is 307 g/mol. The van der Waals surface area contributed by atoms with Gasteiger partial charge in [-0.1, -0.05) is 0 Å². The number of ether oxygens (including phenoxy) is 3. The van der Waals surface area contributed by atoms with Crippen molar-refractivity contribution in [2.24, 2.45) is 0 Å². The van der Waals surface area contributed by atoms with E-state index in [0.717, 1.165) is 5.56 Å². The second-order valence-corrected chi connectivity index (χ2v) is 4.34. The van der Waals surface area contributed by atoms with Crippen LogP contribution in [-0.2, 0) is 6.54 Å². The van der Waals surface area contributed by atoms with Crippen molar-refractivity contribution < 1.29 is 24.1 Å². The lowest BCUT2D eigenvalue weighted by molar-refractivity contribution is 0.0690. The molecule has 3 N–H and O–H groups in total. The minimum atomic E-state index is -1.07. The molecule has 0 aliphatic heterocycles. The second-order valence-electron chi connectivity index (χ2n) is 4.34. The number of aromatic amines is 1. The van der Waals surface area contributed by atoms with Crippen LogP contribution < -0.4 is 19.5 Å². The summed E-state index contributed by atoms with van der Waals surface area (Å²) >= 11 is 0. The summed E-state index contributed by atoms with van der Waals surface area (Å²) in [6.45, 7) is 0.382. The van der Waals surface area contributed by atoms with Crippen LogP contribution in [0, 0.1) is 0 Å². The lowest BCUT2D eigenvalue weighted by atomic mass is 10.1. The Balaban J connectivity index is 2.18. The molecule has 0 fully saturated rings. The maximum atomic E-state index is 10.8. The van der Waals surface area contributed by atoms with Crippen LogP contribution in [0.15, 0.2) is 18.2 Å². The highest BCUT2D eigenvalue weighted by atomic mass is 16.5. The van der Waals surface area contributed by atoms with Crippen molar-refractivity contribution in [3.8, 4) is 17.2 Å². The van der Waals surface area contributed by atoms with Gasteiger partial charge >= 0.3 is 5.97 Å². The van der Waals surface area contributed by atoms with E-state index in [1.165, 1.54) is 6.07 Å². The number of carbonyl (C=O) groups is 1. The van der Waals surface area contributed by atoms with E-state index in [-0.39, 0.29) is 5.69 Å². The van der Waals surface area contributed by atoms with E-state index in [2.05, 4.69) is 15.5 Å². The third kappa shape index (κ3) is 3.22. The Hall–Kier alpha value is -2.90. The monoisotopic (exact) mass is 307 g/mol. The molecule has 0 radical (unpaired) electrons. The van der Waals surface area contributed by atoms with Crippen LogP contribution in [0.2, 0.25) is 0 Å². The van der Waals surface area contributed by atoms with E-state index in [9.17, 15) is 4.79 Å². The zero-order valence-corrected chi connectivity index (χ0v) is 12.5. The molecule has 118 valence electrons. The van der Waals surface area contributed by atoms with Crippen molar-refractivity contribution in [1.82, 2.24) is 10.2 Å². The Morgan fingerprint density at radius 3 is 2.32 bits per heavy atom. The summed E-state index contributed by atoms with van der Waals surface area (Å²) in [5.74, 6) is 1.13. The van der Waals surface area contributed by atoms with Crippen molar-refractivity contribution in [2.75, 3.05) is 26.6 Å². The minimum absolute atomic E-state index is 0.0155. The predicted molar refractivity (Wildman–Crippen MR) is 79.0 cm³/mol. The number of benzene rings is 1. The Morgan fingerprint density at radius 2 is 1.77 bits per heavy atom. The lowest BCUT2D eigenvalue weighted by Crippen LogP contribution is -2.03. The van der Waals surface area contributed by atoms with E-state index in [1.54, 1.807) is 33.5 Å². The summed E-state index contributed by atoms with van der Waals surface area (Å²) in [5.41, 5.74) is 0.835. The number of carboxylic acid groups (broad SMARTS) is 1. The number of nitrogens with zero attached hydrogens (tertiary/aromatic N) is 1. The molecule has 8 nitrogen and oxygen atoms in total. The molecule has 0 saturated heterocycles. The number of anilines is 1. The first-order chi connectivity index (χ1) is 10.6. The fourth-order valence-corrected chi connectivity index (χ4v) is 1.94. The highest BCUT2D eigenvalue weighted by Crippen LogP contribution is 2.34. The summed E-state index contributed by atoms with van der Waals surface area (Å²) in [7, 11) is 4.66. The zero-order valence-electron chi connectivity index (χ0n) is 12.5. The van der Waals surface area contributed by atoms with E-state index < -0.39 is 5.97 Å². The van der Waals surface area contributed by atoms with Crippen LogP contribution in [0.5, 0.6) is 17.2 Å². The Labute approximate surface area is 127 Å². The molecule has 0 bridgehead atoms. The highest BCUT2D eigenvalue weighted by molar-refractivity contribution is 5.86. The number of hydrogen-bond donors (Lipinski definition) is 3. The van der Waals surface area contributed by atoms with Crippen molar-refractivity contribution in [2.45, 2.75) is 6.54 Å². The van der Waals surface area contributed by atoms with Crippen LogP contribution in [0.4, 0.5) is 5.82 Å². The van der Waals surface area contributed by atoms with E-state index in [4.69, 9.17) is 19.3 Å². The molecular formula is C14H17N3O5. The topological polar surface area (TPSA) is 106 Å². The average Bonchev–Trinajstić information content (AvgIpc) is 3.01. The van der Waals surface area contributed by atoms with Crippen molar-refractivity contribution in [3.63, 3.8) is 0 Å². The van der Waals surface area contributed by atoms with E-state index in [0.29, 0.717) is 29.6 Å². The Morgan fingerprint density at radius 1 is 1.14 bits per heavy atom. The standard InChI is InChI=1S/C14H17N3O5/c1-20-10-6-12(22-3)11(21-2)4-8(10)7-15-13-5-9(14(18)19)16-17-13/h4-6H,7H2,1-3H3,(H,18,19)(H2,15,16,17). The number of aromatic carboxylic acids is 1. The molecule has 8 heteroatoms. The molecule has 1 aromatic heterocycles. The van der Waals surface area contributed by atoms with E-state index >= 15 is 0 Å². The van der Waals surface area contributed by atoms with Gasteiger partial charge in [0.05, 0.1) is 21.3 Å². The summed E-state index contributed by atoms with van der Waals surface area (Å²) in [6, 6.07) is 4.92. The zero-order chi connectivity index (χ0) is 16.1. The van der Waals surface area contributed by atoms with Gasteiger partial charge in [-0.25, -0.2) is 4.79 Å². The van der Waals surface area contributed by atoms with Gasteiger partial charge in [0, 0.05) is 24.2 Å². The third-order valence-electron chi connectivity index (χ3n) is 3.05. The number of aromatic nitrogens is 2. The first-order valence-electron chi connectivity index (χ1n) is 6.40. The van der Waals surface area contributed by atoms with Gasteiger partial charge in [0.2, 0.25) is 0 Å². The van der Waals surface area contributed by atoms with Gasteiger partial charge in [-0.2, -0.15) is 5.10 Å². The molecule has 0 amide bonds.